The van der Waals surface area contributed by atoms with Crippen molar-refractivity contribution < 1.29 is 13.2 Å². The quantitative estimate of drug-likeness (QED) is 0.297. The van der Waals surface area contributed by atoms with Crippen LogP contribution in [-0.2, 0) is 14.6 Å². The molecule has 5 heteroatoms. The number of carbonyl (C=O) groups excluding carboxylic acids is 1. The Morgan fingerprint density at radius 3 is 2.09 bits per heavy atom. The van der Waals surface area contributed by atoms with Crippen LogP contribution in [0.2, 0.25) is 0 Å². The Hall–Kier alpha value is -1.59. The van der Waals surface area contributed by atoms with Crippen molar-refractivity contribution in [3.05, 3.63) is 54.6 Å². The van der Waals surface area contributed by atoms with Crippen LogP contribution in [0.15, 0.2) is 59.5 Å². The molecule has 1 aliphatic rings. The van der Waals surface area contributed by atoms with Crippen molar-refractivity contribution in [2.24, 2.45) is 11.8 Å². The van der Waals surface area contributed by atoms with Crippen molar-refractivity contribution in [2.75, 3.05) is 11.5 Å². The zero-order chi connectivity index (χ0) is 23.2. The number of ketones is 1. The van der Waals surface area contributed by atoms with E-state index >= 15 is 0 Å². The van der Waals surface area contributed by atoms with Gasteiger partial charge in [-0.25, -0.2) is 8.42 Å². The molecule has 0 atom stereocenters. The maximum atomic E-state index is 12.6. The highest BCUT2D eigenvalue weighted by atomic mass is 32.2. The van der Waals surface area contributed by atoms with Crippen LogP contribution in [0.3, 0.4) is 0 Å². The van der Waals surface area contributed by atoms with Gasteiger partial charge in [0.05, 0.1) is 10.5 Å². The highest BCUT2D eigenvalue weighted by Gasteiger charge is 2.34. The van der Waals surface area contributed by atoms with Gasteiger partial charge in [0.15, 0.2) is 9.84 Å². The number of benzene rings is 2. The number of hydrogen-bond acceptors (Lipinski definition) is 4. The molecule has 174 valence electrons. The third kappa shape index (κ3) is 6.95. The first-order valence-corrected chi connectivity index (χ1v) is 14.3. The van der Waals surface area contributed by atoms with Crippen molar-refractivity contribution in [1.29, 1.82) is 0 Å². The van der Waals surface area contributed by atoms with Crippen LogP contribution in [0.4, 0.5) is 0 Å². The van der Waals surface area contributed by atoms with E-state index in [4.69, 9.17) is 0 Å². The Bertz CT molecular complexity index is 966. The molecule has 0 spiro atoms. The summed E-state index contributed by atoms with van der Waals surface area (Å²) in [5.74, 6) is 1.89. The second-order valence-electron chi connectivity index (χ2n) is 9.92. The minimum absolute atomic E-state index is 0.124. The van der Waals surface area contributed by atoms with Gasteiger partial charge in [-0.15, -0.1) is 11.8 Å². The summed E-state index contributed by atoms with van der Waals surface area (Å²) in [5, 5.41) is 0. The molecule has 0 amide bonds. The smallest absolute Gasteiger partial charge is 0.155 e. The van der Waals surface area contributed by atoms with Gasteiger partial charge in [0.1, 0.15) is 5.78 Å². The van der Waals surface area contributed by atoms with Gasteiger partial charge in [-0.1, -0.05) is 42.5 Å². The van der Waals surface area contributed by atoms with E-state index in [9.17, 15) is 13.2 Å². The van der Waals surface area contributed by atoms with Crippen molar-refractivity contribution in [3.63, 3.8) is 0 Å². The molecule has 0 heterocycles. The van der Waals surface area contributed by atoms with Crippen LogP contribution >= 0.6 is 11.8 Å². The van der Waals surface area contributed by atoms with Crippen molar-refractivity contribution in [1.82, 2.24) is 0 Å². The largest absolute Gasteiger partial charge is 0.299 e. The third-order valence-corrected chi connectivity index (χ3v) is 10.4. The van der Waals surface area contributed by atoms with Gasteiger partial charge < -0.3 is 0 Å². The van der Waals surface area contributed by atoms with Gasteiger partial charge in [0.25, 0.3) is 0 Å². The normalized spacial score (nSPS) is 19.6. The van der Waals surface area contributed by atoms with Crippen LogP contribution in [0.5, 0.6) is 0 Å². The Morgan fingerprint density at radius 1 is 0.906 bits per heavy atom. The number of hydrogen-bond donors (Lipinski definition) is 0. The molecule has 3 nitrogen and oxygen atoms in total. The van der Waals surface area contributed by atoms with Crippen LogP contribution in [-0.4, -0.2) is 30.5 Å². The molecule has 1 saturated carbocycles. The molecule has 0 N–H and O–H groups in total. The summed E-state index contributed by atoms with van der Waals surface area (Å²) in [4.78, 5) is 13.9. The zero-order valence-electron chi connectivity index (χ0n) is 19.5. The second-order valence-corrected chi connectivity index (χ2v) is 13.9. The number of thioether (sulfide) groups is 1. The minimum Gasteiger partial charge on any atom is -0.299 e. The standard InChI is InChI=1S/C27H36O3S2/c1-27(2,3)32(29,30)20-21-11-13-24(14-12-21)26(28)10-7-19-31-25-17-15-23(16-18-25)22-8-5-4-6-9-22/h4-6,8-9,15-18,21,24H,7,10-14,19-20H2,1-3H3. The third-order valence-electron chi connectivity index (χ3n) is 6.49. The monoisotopic (exact) mass is 472 g/mol. The molecule has 0 aromatic heterocycles. The van der Waals surface area contributed by atoms with E-state index < -0.39 is 14.6 Å². The molecule has 0 unspecified atom stereocenters. The summed E-state index contributed by atoms with van der Waals surface area (Å²) in [6.07, 6.45) is 4.92. The lowest BCUT2D eigenvalue weighted by Gasteiger charge is -2.30. The number of Topliss-reactive ketones (excluding diaryl/α,β-unsaturated/α-hetero) is 1. The first-order chi connectivity index (χ1) is 15.2. The molecular formula is C27H36O3S2. The van der Waals surface area contributed by atoms with E-state index in [2.05, 4.69) is 48.5 Å². The highest BCUT2D eigenvalue weighted by Crippen LogP contribution is 2.33. The topological polar surface area (TPSA) is 51.2 Å². The van der Waals surface area contributed by atoms with Crippen LogP contribution < -0.4 is 0 Å². The summed E-state index contributed by atoms with van der Waals surface area (Å²) in [5.41, 5.74) is 2.44. The summed E-state index contributed by atoms with van der Waals surface area (Å²) >= 11 is 1.80. The maximum Gasteiger partial charge on any atom is 0.155 e. The highest BCUT2D eigenvalue weighted by molar-refractivity contribution is 7.99. The zero-order valence-corrected chi connectivity index (χ0v) is 21.2. The molecule has 1 fully saturated rings. The molecule has 32 heavy (non-hydrogen) atoms. The number of sulfone groups is 1. The van der Waals surface area contributed by atoms with Gasteiger partial charge in [-0.2, -0.15) is 0 Å². The maximum absolute atomic E-state index is 12.6. The SMILES string of the molecule is CC(C)(C)S(=O)(=O)CC1CCC(C(=O)CCCSc2ccc(-c3ccccc3)cc2)CC1. The van der Waals surface area contributed by atoms with E-state index in [1.54, 1.807) is 32.5 Å². The lowest BCUT2D eigenvalue weighted by molar-refractivity contribution is -0.124. The second kappa shape index (κ2) is 11.0. The lowest BCUT2D eigenvalue weighted by Crippen LogP contribution is -2.35. The summed E-state index contributed by atoms with van der Waals surface area (Å²) in [6.45, 7) is 5.31. The minimum atomic E-state index is -3.09. The summed E-state index contributed by atoms with van der Waals surface area (Å²) in [6, 6.07) is 19.0. The lowest BCUT2D eigenvalue weighted by atomic mass is 9.80. The van der Waals surface area contributed by atoms with Gasteiger partial charge in [0.2, 0.25) is 0 Å². The fourth-order valence-corrected chi connectivity index (χ4v) is 6.53. The Balaban J connectivity index is 1.36. The fraction of sp³-hybridized carbons (Fsp3) is 0.519. The Morgan fingerprint density at radius 2 is 1.50 bits per heavy atom. The summed E-state index contributed by atoms with van der Waals surface area (Å²) < 4.78 is 24.2. The molecule has 1 aliphatic carbocycles. The molecule has 2 aromatic rings. The average molecular weight is 473 g/mol. The van der Waals surface area contributed by atoms with Crippen molar-refractivity contribution in [3.8, 4) is 11.1 Å². The van der Waals surface area contributed by atoms with Gasteiger partial charge in [0, 0.05) is 17.2 Å². The first-order valence-electron chi connectivity index (χ1n) is 11.7. The van der Waals surface area contributed by atoms with Gasteiger partial charge in [-0.05, 0) is 87.8 Å². The van der Waals surface area contributed by atoms with E-state index in [-0.39, 0.29) is 17.6 Å². The van der Waals surface area contributed by atoms with Crippen molar-refractivity contribution >= 4 is 27.4 Å². The van der Waals surface area contributed by atoms with Crippen LogP contribution in [0.1, 0.15) is 59.3 Å². The van der Waals surface area contributed by atoms with Gasteiger partial charge >= 0.3 is 0 Å². The van der Waals surface area contributed by atoms with Crippen LogP contribution in [0.25, 0.3) is 11.1 Å². The molecular weight excluding hydrogens is 436 g/mol. The number of carbonyl (C=O) groups is 1. The fourth-order valence-electron chi connectivity index (χ4n) is 4.23. The molecule has 0 bridgehead atoms. The predicted molar refractivity (Wildman–Crippen MR) is 136 cm³/mol. The Labute approximate surface area is 198 Å². The molecule has 0 aliphatic heterocycles. The number of rotatable bonds is 9. The van der Waals surface area contributed by atoms with E-state index in [1.807, 2.05) is 6.07 Å². The molecule has 0 radical (unpaired) electrons. The molecule has 2 aromatic carbocycles. The molecule has 0 saturated heterocycles. The Kier molecular flexibility index (Phi) is 8.62. The van der Waals surface area contributed by atoms with Gasteiger partial charge in [-0.3, -0.25) is 4.79 Å². The van der Waals surface area contributed by atoms with Crippen molar-refractivity contribution in [2.45, 2.75) is 68.9 Å². The van der Waals surface area contributed by atoms with E-state index in [1.165, 1.54) is 16.0 Å². The van der Waals surface area contributed by atoms with E-state index in [0.717, 1.165) is 37.9 Å². The van der Waals surface area contributed by atoms with E-state index in [0.29, 0.717) is 12.2 Å². The van der Waals surface area contributed by atoms with Crippen LogP contribution in [0, 0.1) is 11.8 Å². The first kappa shape index (κ1) is 25.0. The molecule has 3 rings (SSSR count). The summed E-state index contributed by atoms with van der Waals surface area (Å²) in [7, 11) is -3.09. The predicted octanol–water partition coefficient (Wildman–Crippen LogP) is 6.81. The average Bonchev–Trinajstić information content (AvgIpc) is 2.77.